The lowest BCUT2D eigenvalue weighted by atomic mass is 9.85. The van der Waals surface area contributed by atoms with E-state index in [1.54, 1.807) is 30.3 Å². The summed E-state index contributed by atoms with van der Waals surface area (Å²) in [5.41, 5.74) is 3.02. The lowest BCUT2D eigenvalue weighted by molar-refractivity contribution is -0.163. The van der Waals surface area contributed by atoms with Gasteiger partial charge in [0.1, 0.15) is 8.07 Å². The molecule has 2 rings (SSSR count). The summed E-state index contributed by atoms with van der Waals surface area (Å²) in [5.74, 6) is 6.72. The van der Waals surface area contributed by atoms with Gasteiger partial charge in [0, 0.05) is 24.0 Å². The van der Waals surface area contributed by atoms with E-state index in [9.17, 15) is 14.4 Å². The fraction of sp³-hybridized carbons (Fsp3) is 0.276. The van der Waals surface area contributed by atoms with Gasteiger partial charge in [-0.3, -0.25) is 4.79 Å². The average molecular weight is 487 g/mol. The molecule has 2 aromatic carbocycles. The zero-order chi connectivity index (χ0) is 25.9. The molecule has 0 fully saturated rings. The fourth-order valence-electron chi connectivity index (χ4n) is 3.18. The molecule has 0 aliphatic heterocycles. The van der Waals surface area contributed by atoms with Crippen molar-refractivity contribution in [2.24, 2.45) is 5.41 Å². The second kappa shape index (κ2) is 12.6. The van der Waals surface area contributed by atoms with E-state index in [1.165, 1.54) is 14.2 Å². The summed E-state index contributed by atoms with van der Waals surface area (Å²) >= 11 is 0. The number of benzene rings is 2. The van der Waals surface area contributed by atoms with Crippen molar-refractivity contribution in [1.82, 2.24) is 0 Å². The van der Waals surface area contributed by atoms with Gasteiger partial charge in [-0.05, 0) is 11.6 Å². The molecule has 0 atom stereocenters. The van der Waals surface area contributed by atoms with Crippen LogP contribution < -0.4 is 0 Å². The van der Waals surface area contributed by atoms with Crippen molar-refractivity contribution in [1.29, 1.82) is 0 Å². The van der Waals surface area contributed by atoms with E-state index < -0.39 is 25.4 Å². The number of methoxy groups -OCH3 is 2. The van der Waals surface area contributed by atoms with Gasteiger partial charge in [-0.25, -0.2) is 9.59 Å². The van der Waals surface area contributed by atoms with Gasteiger partial charge in [0.2, 0.25) is 5.41 Å². The number of hydrogen-bond acceptors (Lipinski definition) is 5. The van der Waals surface area contributed by atoms with E-state index in [4.69, 9.17) is 9.47 Å². The number of hydrogen-bond donors (Lipinski definition) is 0. The van der Waals surface area contributed by atoms with Crippen LogP contribution in [-0.2, 0) is 19.1 Å². The monoisotopic (exact) mass is 486 g/mol. The van der Waals surface area contributed by atoms with E-state index in [1.807, 2.05) is 36.4 Å². The van der Waals surface area contributed by atoms with Gasteiger partial charge in [-0.2, -0.15) is 0 Å². The number of ether oxygens (including phenoxy) is 2. The van der Waals surface area contributed by atoms with Crippen LogP contribution in [-0.4, -0.2) is 40.0 Å². The van der Waals surface area contributed by atoms with Gasteiger partial charge < -0.3 is 9.47 Å². The Morgan fingerprint density at radius 1 is 0.857 bits per heavy atom. The fourth-order valence-corrected chi connectivity index (χ4v) is 3.80. The first kappa shape index (κ1) is 27.4. The Morgan fingerprint density at radius 3 is 1.91 bits per heavy atom. The molecule has 0 unspecified atom stereocenters. The highest BCUT2D eigenvalue weighted by Crippen LogP contribution is 2.26. The Labute approximate surface area is 208 Å². The van der Waals surface area contributed by atoms with Gasteiger partial charge in [0.05, 0.1) is 14.2 Å². The Bertz CT molecular complexity index is 1180. The molecule has 2 aromatic rings. The normalized spacial score (nSPS) is 11.3. The SMILES string of the molecule is COC(=O)C(C#CC/C(=C/c1ccccc1)C(=O)c1ccccc1)(CC#C[Si](C)(C)C)C(=O)OC. The van der Waals surface area contributed by atoms with Crippen LogP contribution >= 0.6 is 0 Å². The minimum absolute atomic E-state index is 0.0137. The first-order valence-electron chi connectivity index (χ1n) is 11.2. The number of esters is 2. The molecule has 0 radical (unpaired) electrons. The molecule has 0 amide bonds. The van der Waals surface area contributed by atoms with E-state index in [-0.39, 0.29) is 18.6 Å². The Balaban J connectivity index is 2.52. The van der Waals surface area contributed by atoms with Crippen LogP contribution in [0.4, 0.5) is 0 Å². The maximum Gasteiger partial charge on any atom is 0.336 e. The standard InChI is InChI=1S/C29H30O5Si/c1-33-27(31)29(28(32)34-2,20-13-21-35(3,4)5)19-12-18-25(22-23-14-8-6-9-15-23)26(30)24-16-10-7-11-17-24/h6-11,14-17,22H,18,20H2,1-5H3/b25-22-. The highest BCUT2D eigenvalue weighted by Gasteiger charge is 2.47. The van der Waals surface area contributed by atoms with Crippen LogP contribution in [0.15, 0.2) is 66.2 Å². The Morgan fingerprint density at radius 2 is 1.40 bits per heavy atom. The predicted molar refractivity (Wildman–Crippen MR) is 140 cm³/mol. The van der Waals surface area contributed by atoms with Gasteiger partial charge in [0.25, 0.3) is 0 Å². The lowest BCUT2D eigenvalue weighted by Crippen LogP contribution is -2.40. The second-order valence-electron chi connectivity index (χ2n) is 8.87. The van der Waals surface area contributed by atoms with E-state index in [0.29, 0.717) is 11.1 Å². The van der Waals surface area contributed by atoms with Crippen LogP contribution in [0, 0.1) is 28.7 Å². The minimum Gasteiger partial charge on any atom is -0.467 e. The first-order chi connectivity index (χ1) is 16.6. The molecule has 5 nitrogen and oxygen atoms in total. The van der Waals surface area contributed by atoms with Crippen molar-refractivity contribution in [2.75, 3.05) is 14.2 Å². The van der Waals surface area contributed by atoms with Crippen LogP contribution in [0.5, 0.6) is 0 Å². The van der Waals surface area contributed by atoms with E-state index in [0.717, 1.165) is 5.56 Å². The van der Waals surface area contributed by atoms with E-state index >= 15 is 0 Å². The number of carbonyl (C=O) groups excluding carboxylic acids is 3. The third-order valence-electron chi connectivity index (χ3n) is 4.93. The maximum absolute atomic E-state index is 13.2. The van der Waals surface area contributed by atoms with Crippen molar-refractivity contribution in [2.45, 2.75) is 32.5 Å². The molecule has 0 saturated heterocycles. The highest BCUT2D eigenvalue weighted by atomic mass is 28.3. The topological polar surface area (TPSA) is 69.7 Å². The zero-order valence-corrected chi connectivity index (χ0v) is 21.8. The van der Waals surface area contributed by atoms with Crippen molar-refractivity contribution in [3.63, 3.8) is 0 Å². The predicted octanol–water partition coefficient (Wildman–Crippen LogP) is 4.95. The molecule has 35 heavy (non-hydrogen) atoms. The molecular weight excluding hydrogens is 456 g/mol. The number of ketones is 1. The largest absolute Gasteiger partial charge is 0.467 e. The second-order valence-corrected chi connectivity index (χ2v) is 13.6. The Hall–Kier alpha value is -3.87. The maximum atomic E-state index is 13.2. The molecule has 0 aliphatic rings. The van der Waals surface area contributed by atoms with Crippen LogP contribution in [0.2, 0.25) is 19.6 Å². The molecule has 0 N–H and O–H groups in total. The molecule has 0 bridgehead atoms. The van der Waals surface area contributed by atoms with Crippen molar-refractivity contribution >= 4 is 31.9 Å². The average Bonchev–Trinajstić information content (AvgIpc) is 2.86. The molecule has 6 heteroatoms. The van der Waals surface area contributed by atoms with Crippen LogP contribution in [0.3, 0.4) is 0 Å². The summed E-state index contributed by atoms with van der Waals surface area (Å²) in [4.78, 5) is 38.7. The molecular formula is C29H30O5Si. The third-order valence-corrected chi connectivity index (χ3v) is 5.86. The Kier molecular flexibility index (Phi) is 9.82. The quantitative estimate of drug-likeness (QED) is 0.138. The number of carbonyl (C=O) groups is 3. The third kappa shape index (κ3) is 7.84. The molecule has 0 saturated carbocycles. The summed E-state index contributed by atoms with van der Waals surface area (Å²) in [6, 6.07) is 18.3. The minimum atomic E-state index is -1.90. The van der Waals surface area contributed by atoms with Crippen LogP contribution in [0.1, 0.15) is 28.8 Å². The molecule has 0 heterocycles. The number of allylic oxidation sites excluding steroid dienone is 1. The molecule has 0 aliphatic carbocycles. The summed E-state index contributed by atoms with van der Waals surface area (Å²) in [6.45, 7) is 6.17. The number of rotatable bonds is 7. The van der Waals surface area contributed by atoms with Gasteiger partial charge in [-0.1, -0.05) is 92.1 Å². The lowest BCUT2D eigenvalue weighted by Gasteiger charge is -2.20. The smallest absolute Gasteiger partial charge is 0.336 e. The highest BCUT2D eigenvalue weighted by molar-refractivity contribution is 6.83. The summed E-state index contributed by atoms with van der Waals surface area (Å²) in [7, 11) is 0.617. The van der Waals surface area contributed by atoms with Gasteiger partial charge >= 0.3 is 11.9 Å². The summed E-state index contributed by atoms with van der Waals surface area (Å²) in [5, 5.41) is 0. The summed E-state index contributed by atoms with van der Waals surface area (Å²) in [6.07, 6.45) is 1.61. The molecule has 0 aromatic heterocycles. The first-order valence-corrected chi connectivity index (χ1v) is 14.7. The van der Waals surface area contributed by atoms with Gasteiger partial charge in [0.15, 0.2) is 5.78 Å². The van der Waals surface area contributed by atoms with Gasteiger partial charge in [-0.15, -0.1) is 11.5 Å². The molecule has 180 valence electrons. The van der Waals surface area contributed by atoms with Crippen molar-refractivity contribution in [3.05, 3.63) is 77.4 Å². The van der Waals surface area contributed by atoms with Crippen molar-refractivity contribution in [3.8, 4) is 23.3 Å². The van der Waals surface area contributed by atoms with Crippen molar-refractivity contribution < 1.29 is 23.9 Å². The zero-order valence-electron chi connectivity index (χ0n) is 20.8. The molecule has 0 spiro atoms. The number of Topliss-reactive ketones (excluding diaryl/α,β-unsaturated/α-hetero) is 1. The van der Waals surface area contributed by atoms with E-state index in [2.05, 4.69) is 42.9 Å². The summed E-state index contributed by atoms with van der Waals surface area (Å²) < 4.78 is 9.82. The van der Waals surface area contributed by atoms with Crippen LogP contribution in [0.25, 0.3) is 6.08 Å².